The van der Waals surface area contributed by atoms with Crippen molar-refractivity contribution in [2.75, 3.05) is 11.9 Å². The second kappa shape index (κ2) is 6.30. The maximum atomic E-state index is 12.1. The van der Waals surface area contributed by atoms with Crippen LogP contribution in [0.4, 0.5) is 5.69 Å². The summed E-state index contributed by atoms with van der Waals surface area (Å²) in [6.45, 7) is 1.92. The fourth-order valence-corrected chi connectivity index (χ4v) is 3.04. The number of hydrogen-bond acceptors (Lipinski definition) is 4. The van der Waals surface area contributed by atoms with Crippen LogP contribution in [0.1, 0.15) is 17.5 Å². The molecule has 0 aliphatic carbocycles. The van der Waals surface area contributed by atoms with Crippen molar-refractivity contribution in [3.05, 3.63) is 47.4 Å². The highest BCUT2D eigenvalue weighted by Gasteiger charge is 2.19. The van der Waals surface area contributed by atoms with Crippen LogP contribution in [0.15, 0.2) is 45.7 Å². The molecular formula is C13H13ClN2O4S. The van der Waals surface area contributed by atoms with Crippen LogP contribution in [-0.2, 0) is 10.0 Å². The third-order valence-corrected chi connectivity index (χ3v) is 4.36. The van der Waals surface area contributed by atoms with Gasteiger partial charge >= 0.3 is 0 Å². The summed E-state index contributed by atoms with van der Waals surface area (Å²) in [6.07, 6.45) is 0. The van der Waals surface area contributed by atoms with Crippen molar-refractivity contribution in [3.63, 3.8) is 0 Å². The molecule has 2 rings (SSSR count). The summed E-state index contributed by atoms with van der Waals surface area (Å²) in [7, 11) is -3.68. The number of rotatable bonds is 5. The SMILES string of the molecule is CCNS(=O)(=O)c1ccccc1NC(=O)c1ccc(Cl)o1. The molecule has 0 radical (unpaired) electrons. The number of furan rings is 1. The summed E-state index contributed by atoms with van der Waals surface area (Å²) in [5, 5.41) is 2.57. The van der Waals surface area contributed by atoms with E-state index >= 15 is 0 Å². The molecule has 0 saturated carbocycles. The average molecular weight is 329 g/mol. The standard InChI is InChI=1S/C13H13ClN2O4S/c1-2-15-21(18,19)11-6-4-3-5-9(11)16-13(17)10-7-8-12(14)20-10/h3-8,15H,2H2,1H3,(H,16,17). The molecule has 0 fully saturated rings. The molecule has 2 aromatic rings. The minimum atomic E-state index is -3.68. The van der Waals surface area contributed by atoms with Crippen molar-refractivity contribution in [2.45, 2.75) is 11.8 Å². The molecule has 1 aromatic heterocycles. The Labute approximate surface area is 127 Å². The minimum absolute atomic E-state index is 0.00403. The average Bonchev–Trinajstić information content (AvgIpc) is 2.86. The van der Waals surface area contributed by atoms with E-state index in [1.165, 1.54) is 24.3 Å². The van der Waals surface area contributed by atoms with E-state index in [9.17, 15) is 13.2 Å². The maximum Gasteiger partial charge on any atom is 0.291 e. The second-order valence-electron chi connectivity index (χ2n) is 4.06. The van der Waals surface area contributed by atoms with Crippen molar-refractivity contribution >= 4 is 33.2 Å². The molecule has 0 spiro atoms. The smallest absolute Gasteiger partial charge is 0.291 e. The van der Waals surface area contributed by atoms with E-state index in [-0.39, 0.29) is 28.1 Å². The summed E-state index contributed by atoms with van der Waals surface area (Å²) in [4.78, 5) is 12.0. The monoisotopic (exact) mass is 328 g/mol. The van der Waals surface area contributed by atoms with Gasteiger partial charge in [0.15, 0.2) is 11.0 Å². The Hall–Kier alpha value is -1.83. The van der Waals surface area contributed by atoms with Gasteiger partial charge in [-0.1, -0.05) is 19.1 Å². The topological polar surface area (TPSA) is 88.4 Å². The number of sulfonamides is 1. The fourth-order valence-electron chi connectivity index (χ4n) is 1.69. The quantitative estimate of drug-likeness (QED) is 0.882. The van der Waals surface area contributed by atoms with Gasteiger partial charge in [-0.2, -0.15) is 0 Å². The Morgan fingerprint density at radius 2 is 1.95 bits per heavy atom. The number of amides is 1. The first-order valence-corrected chi connectivity index (χ1v) is 7.95. The van der Waals surface area contributed by atoms with E-state index < -0.39 is 15.9 Å². The first-order chi connectivity index (χ1) is 9.94. The van der Waals surface area contributed by atoms with Crippen molar-refractivity contribution in [2.24, 2.45) is 0 Å². The zero-order valence-corrected chi connectivity index (χ0v) is 12.7. The number of halogens is 1. The van der Waals surface area contributed by atoms with E-state index in [0.717, 1.165) is 0 Å². The largest absolute Gasteiger partial charge is 0.440 e. The molecule has 0 aliphatic rings. The van der Waals surface area contributed by atoms with Gasteiger partial charge in [0.2, 0.25) is 10.0 Å². The minimum Gasteiger partial charge on any atom is -0.440 e. The van der Waals surface area contributed by atoms with Crippen LogP contribution in [0.2, 0.25) is 5.22 Å². The lowest BCUT2D eigenvalue weighted by atomic mass is 10.3. The van der Waals surface area contributed by atoms with Gasteiger partial charge in [-0.05, 0) is 35.9 Å². The number of benzene rings is 1. The Balaban J connectivity index is 2.31. The molecule has 1 heterocycles. The molecule has 1 aromatic carbocycles. The van der Waals surface area contributed by atoms with Crippen molar-refractivity contribution in [1.29, 1.82) is 0 Å². The van der Waals surface area contributed by atoms with Gasteiger partial charge < -0.3 is 9.73 Å². The molecule has 0 saturated heterocycles. The second-order valence-corrected chi connectivity index (χ2v) is 6.16. The maximum absolute atomic E-state index is 12.1. The highest BCUT2D eigenvalue weighted by atomic mass is 35.5. The van der Waals surface area contributed by atoms with Crippen LogP contribution in [0.3, 0.4) is 0 Å². The fraction of sp³-hybridized carbons (Fsp3) is 0.154. The normalized spacial score (nSPS) is 11.3. The number of hydrogen-bond donors (Lipinski definition) is 2. The predicted octanol–water partition coefficient (Wildman–Crippen LogP) is 2.48. The van der Waals surface area contributed by atoms with E-state index in [1.807, 2.05) is 0 Å². The molecule has 0 atom stereocenters. The van der Waals surface area contributed by atoms with E-state index in [4.69, 9.17) is 16.0 Å². The van der Waals surface area contributed by atoms with E-state index in [2.05, 4.69) is 10.0 Å². The Morgan fingerprint density at radius 1 is 1.24 bits per heavy atom. The lowest BCUT2D eigenvalue weighted by Crippen LogP contribution is -2.25. The molecule has 8 heteroatoms. The molecule has 21 heavy (non-hydrogen) atoms. The van der Waals surface area contributed by atoms with Crippen LogP contribution in [0.25, 0.3) is 0 Å². The van der Waals surface area contributed by atoms with Gasteiger partial charge in [-0.3, -0.25) is 4.79 Å². The van der Waals surface area contributed by atoms with Crippen LogP contribution in [0, 0.1) is 0 Å². The van der Waals surface area contributed by atoms with Crippen LogP contribution in [-0.4, -0.2) is 20.9 Å². The van der Waals surface area contributed by atoms with Crippen molar-refractivity contribution in [3.8, 4) is 0 Å². The first kappa shape index (κ1) is 15.6. The van der Waals surface area contributed by atoms with E-state index in [0.29, 0.717) is 0 Å². The number of nitrogens with one attached hydrogen (secondary N) is 2. The number of carbonyl (C=O) groups excluding carboxylic acids is 1. The van der Waals surface area contributed by atoms with Gasteiger partial charge in [0.25, 0.3) is 5.91 Å². The van der Waals surface area contributed by atoms with Gasteiger partial charge in [0, 0.05) is 6.54 Å². The molecule has 0 unspecified atom stereocenters. The van der Waals surface area contributed by atoms with Crippen LogP contribution >= 0.6 is 11.6 Å². The third-order valence-electron chi connectivity index (χ3n) is 2.56. The Morgan fingerprint density at radius 3 is 2.57 bits per heavy atom. The summed E-state index contributed by atoms with van der Waals surface area (Å²) >= 11 is 5.60. The zero-order valence-electron chi connectivity index (χ0n) is 11.1. The van der Waals surface area contributed by atoms with Gasteiger partial charge in [0.05, 0.1) is 5.69 Å². The highest BCUT2D eigenvalue weighted by Crippen LogP contribution is 2.22. The molecule has 0 bridgehead atoms. The summed E-state index contributed by atoms with van der Waals surface area (Å²) in [5.41, 5.74) is 0.163. The van der Waals surface area contributed by atoms with Gasteiger partial charge in [-0.15, -0.1) is 0 Å². The molecule has 1 amide bonds. The van der Waals surface area contributed by atoms with Crippen LogP contribution < -0.4 is 10.0 Å². The first-order valence-electron chi connectivity index (χ1n) is 6.09. The van der Waals surface area contributed by atoms with Gasteiger partial charge in [-0.25, -0.2) is 13.1 Å². The lowest BCUT2D eigenvalue weighted by molar-refractivity contribution is 0.0996. The molecule has 2 N–H and O–H groups in total. The number of carbonyl (C=O) groups is 1. The molecule has 0 aliphatic heterocycles. The number of para-hydroxylation sites is 1. The lowest BCUT2D eigenvalue weighted by Gasteiger charge is -2.11. The molecular weight excluding hydrogens is 316 g/mol. The van der Waals surface area contributed by atoms with Crippen molar-refractivity contribution < 1.29 is 17.6 Å². The van der Waals surface area contributed by atoms with Gasteiger partial charge in [0.1, 0.15) is 4.90 Å². The van der Waals surface area contributed by atoms with Crippen molar-refractivity contribution in [1.82, 2.24) is 4.72 Å². The number of anilines is 1. The molecule has 112 valence electrons. The third kappa shape index (κ3) is 3.63. The van der Waals surface area contributed by atoms with Crippen LogP contribution in [0.5, 0.6) is 0 Å². The molecule has 6 nitrogen and oxygen atoms in total. The predicted molar refractivity (Wildman–Crippen MR) is 79.0 cm³/mol. The van der Waals surface area contributed by atoms with E-state index in [1.54, 1.807) is 19.1 Å². The zero-order chi connectivity index (χ0) is 15.5. The summed E-state index contributed by atoms with van der Waals surface area (Å²) in [5.74, 6) is -0.586. The Bertz CT molecular complexity index is 755. The highest BCUT2D eigenvalue weighted by molar-refractivity contribution is 7.89. The Kier molecular flexibility index (Phi) is 4.66. The summed E-state index contributed by atoms with van der Waals surface area (Å²) in [6, 6.07) is 8.92. The summed E-state index contributed by atoms with van der Waals surface area (Å²) < 4.78 is 31.5.